The number of hydrogen-bond acceptors (Lipinski definition) is 6. The molecule has 1 fully saturated rings. The highest BCUT2D eigenvalue weighted by Gasteiger charge is 2.28. The Hall–Kier alpha value is -1.30. The van der Waals surface area contributed by atoms with Gasteiger partial charge in [-0.15, -0.1) is 0 Å². The van der Waals surface area contributed by atoms with Gasteiger partial charge in [0.05, 0.1) is 0 Å². The van der Waals surface area contributed by atoms with Crippen LogP contribution in [0.2, 0.25) is 0 Å². The van der Waals surface area contributed by atoms with Gasteiger partial charge < -0.3 is 20.0 Å². The lowest BCUT2D eigenvalue weighted by Gasteiger charge is -2.24. The predicted octanol–water partition coefficient (Wildman–Crippen LogP) is 0.182. The number of hydrogen-bond donors (Lipinski definition) is 1. The zero-order chi connectivity index (χ0) is 10.8. The quantitative estimate of drug-likeness (QED) is 0.769. The minimum absolute atomic E-state index is 0.139. The lowest BCUT2D eigenvalue weighted by molar-refractivity contribution is 0.365. The van der Waals surface area contributed by atoms with E-state index in [0.717, 1.165) is 13.1 Å². The summed E-state index contributed by atoms with van der Waals surface area (Å²) in [6.45, 7) is 1.97. The molecule has 1 aromatic rings. The van der Waals surface area contributed by atoms with Crippen molar-refractivity contribution in [2.75, 3.05) is 37.8 Å². The van der Waals surface area contributed by atoms with Crippen molar-refractivity contribution in [2.45, 2.75) is 18.9 Å². The Bertz CT molecular complexity index is 324. The van der Waals surface area contributed by atoms with E-state index in [0.29, 0.717) is 12.1 Å². The van der Waals surface area contributed by atoms with Crippen LogP contribution in [0.15, 0.2) is 4.42 Å². The van der Waals surface area contributed by atoms with Crippen molar-refractivity contribution in [3.63, 3.8) is 0 Å². The second-order valence-corrected chi connectivity index (χ2v) is 4.17. The van der Waals surface area contributed by atoms with Gasteiger partial charge in [-0.3, -0.25) is 0 Å². The number of nitrogen functional groups attached to an aromatic ring is 1. The van der Waals surface area contributed by atoms with Gasteiger partial charge in [-0.25, -0.2) is 0 Å². The van der Waals surface area contributed by atoms with Crippen molar-refractivity contribution in [1.82, 2.24) is 15.1 Å². The highest BCUT2D eigenvalue weighted by atomic mass is 16.4. The molecule has 0 aliphatic carbocycles. The summed E-state index contributed by atoms with van der Waals surface area (Å²) in [5.74, 6) is 0. The van der Waals surface area contributed by atoms with E-state index in [1.807, 2.05) is 0 Å². The standard InChI is InChI=1S/C9H17N5O/c1-13(2)6-7-4-3-5-14(7)9-12-11-8(10)15-9/h7H,3-6H2,1-2H3,(H2,10,11). The van der Waals surface area contributed by atoms with Gasteiger partial charge in [0.1, 0.15) is 0 Å². The minimum atomic E-state index is 0.139. The van der Waals surface area contributed by atoms with Gasteiger partial charge in [-0.1, -0.05) is 10.2 Å². The molecule has 6 nitrogen and oxygen atoms in total. The maximum atomic E-state index is 5.42. The number of nitrogens with two attached hydrogens (primary N) is 1. The normalized spacial score (nSPS) is 21.5. The van der Waals surface area contributed by atoms with Gasteiger partial charge in [-0.05, 0) is 26.9 Å². The van der Waals surface area contributed by atoms with Gasteiger partial charge in [0.15, 0.2) is 0 Å². The first kappa shape index (κ1) is 10.2. The van der Waals surface area contributed by atoms with Crippen molar-refractivity contribution < 1.29 is 4.42 Å². The number of likely N-dealkylation sites (N-methyl/N-ethyl adjacent to an activating group) is 1. The summed E-state index contributed by atoms with van der Waals surface area (Å²) in [6, 6.07) is 1.15. The number of anilines is 2. The lowest BCUT2D eigenvalue weighted by atomic mass is 10.2. The molecule has 0 spiro atoms. The SMILES string of the molecule is CN(C)CC1CCCN1c1nnc(N)o1. The molecule has 6 heteroatoms. The fourth-order valence-electron chi connectivity index (χ4n) is 2.04. The number of aromatic nitrogens is 2. The summed E-state index contributed by atoms with van der Waals surface area (Å²) in [5, 5.41) is 7.60. The maximum absolute atomic E-state index is 5.42. The third-order valence-corrected chi connectivity index (χ3v) is 2.63. The van der Waals surface area contributed by atoms with Crippen molar-refractivity contribution >= 4 is 12.0 Å². The summed E-state index contributed by atoms with van der Waals surface area (Å²) >= 11 is 0. The average molecular weight is 211 g/mol. The van der Waals surface area contributed by atoms with E-state index in [-0.39, 0.29) is 6.01 Å². The van der Waals surface area contributed by atoms with Gasteiger partial charge in [0, 0.05) is 19.1 Å². The second kappa shape index (κ2) is 4.06. The molecule has 0 amide bonds. The summed E-state index contributed by atoms with van der Waals surface area (Å²) in [6.07, 6.45) is 2.33. The fraction of sp³-hybridized carbons (Fsp3) is 0.778. The molecule has 2 heterocycles. The van der Waals surface area contributed by atoms with Crippen LogP contribution in [-0.4, -0.2) is 48.3 Å². The van der Waals surface area contributed by atoms with Crippen LogP contribution in [0.5, 0.6) is 0 Å². The van der Waals surface area contributed by atoms with E-state index in [1.165, 1.54) is 12.8 Å². The Kier molecular flexibility index (Phi) is 2.77. The van der Waals surface area contributed by atoms with Crippen LogP contribution < -0.4 is 10.6 Å². The average Bonchev–Trinajstić information content (AvgIpc) is 2.72. The van der Waals surface area contributed by atoms with Crippen molar-refractivity contribution in [2.24, 2.45) is 0 Å². The van der Waals surface area contributed by atoms with E-state index < -0.39 is 0 Å². The molecule has 15 heavy (non-hydrogen) atoms. The topological polar surface area (TPSA) is 71.4 Å². The molecule has 1 unspecified atom stereocenters. The predicted molar refractivity (Wildman–Crippen MR) is 57.6 cm³/mol. The third kappa shape index (κ3) is 2.20. The number of rotatable bonds is 3. The molecule has 1 aromatic heterocycles. The lowest BCUT2D eigenvalue weighted by Crippen LogP contribution is -2.37. The Morgan fingerprint density at radius 3 is 2.93 bits per heavy atom. The first-order valence-corrected chi connectivity index (χ1v) is 5.17. The molecule has 1 saturated heterocycles. The van der Waals surface area contributed by atoms with E-state index in [4.69, 9.17) is 10.2 Å². The van der Waals surface area contributed by atoms with Gasteiger partial charge >= 0.3 is 12.0 Å². The van der Waals surface area contributed by atoms with Crippen LogP contribution in [0.25, 0.3) is 0 Å². The summed E-state index contributed by atoms with van der Waals surface area (Å²) in [7, 11) is 4.14. The van der Waals surface area contributed by atoms with Crippen LogP contribution in [0.4, 0.5) is 12.0 Å². The first-order chi connectivity index (χ1) is 7.16. The minimum Gasteiger partial charge on any atom is -0.390 e. The van der Waals surface area contributed by atoms with Gasteiger partial charge in [0.2, 0.25) is 0 Å². The van der Waals surface area contributed by atoms with E-state index >= 15 is 0 Å². The van der Waals surface area contributed by atoms with Crippen LogP contribution in [0.1, 0.15) is 12.8 Å². The van der Waals surface area contributed by atoms with Crippen LogP contribution in [0.3, 0.4) is 0 Å². The summed E-state index contributed by atoms with van der Waals surface area (Å²) in [5.41, 5.74) is 5.42. The molecule has 0 bridgehead atoms. The van der Waals surface area contributed by atoms with Crippen LogP contribution >= 0.6 is 0 Å². The highest BCUT2D eigenvalue weighted by molar-refractivity contribution is 5.31. The molecule has 0 saturated carbocycles. The molecule has 0 radical (unpaired) electrons. The number of nitrogens with zero attached hydrogens (tertiary/aromatic N) is 4. The molecule has 2 rings (SSSR count). The monoisotopic (exact) mass is 211 g/mol. The second-order valence-electron chi connectivity index (χ2n) is 4.17. The Balaban J connectivity index is 2.07. The van der Waals surface area contributed by atoms with Crippen LogP contribution in [-0.2, 0) is 0 Å². The Morgan fingerprint density at radius 1 is 1.53 bits per heavy atom. The fourth-order valence-corrected chi connectivity index (χ4v) is 2.04. The molecule has 1 atom stereocenters. The zero-order valence-electron chi connectivity index (χ0n) is 9.18. The van der Waals surface area contributed by atoms with E-state index in [9.17, 15) is 0 Å². The highest BCUT2D eigenvalue weighted by Crippen LogP contribution is 2.24. The van der Waals surface area contributed by atoms with Crippen LogP contribution in [0, 0.1) is 0 Å². The molecular weight excluding hydrogens is 194 g/mol. The molecular formula is C9H17N5O. The largest absolute Gasteiger partial charge is 0.390 e. The molecule has 1 aliphatic heterocycles. The van der Waals surface area contributed by atoms with Crippen molar-refractivity contribution in [3.05, 3.63) is 0 Å². The van der Waals surface area contributed by atoms with E-state index in [2.05, 4.69) is 34.1 Å². The molecule has 1 aliphatic rings. The van der Waals surface area contributed by atoms with Crippen molar-refractivity contribution in [3.8, 4) is 0 Å². The summed E-state index contributed by atoms with van der Waals surface area (Å²) < 4.78 is 5.24. The van der Waals surface area contributed by atoms with Gasteiger partial charge in [0.25, 0.3) is 0 Å². The Morgan fingerprint density at radius 2 is 2.33 bits per heavy atom. The third-order valence-electron chi connectivity index (χ3n) is 2.63. The zero-order valence-corrected chi connectivity index (χ0v) is 9.18. The smallest absolute Gasteiger partial charge is 0.319 e. The Labute approximate surface area is 89.0 Å². The maximum Gasteiger partial charge on any atom is 0.319 e. The molecule has 84 valence electrons. The molecule has 0 aromatic carbocycles. The first-order valence-electron chi connectivity index (χ1n) is 5.17. The molecule has 2 N–H and O–H groups in total. The van der Waals surface area contributed by atoms with E-state index in [1.54, 1.807) is 0 Å². The van der Waals surface area contributed by atoms with Crippen molar-refractivity contribution in [1.29, 1.82) is 0 Å². The van der Waals surface area contributed by atoms with Gasteiger partial charge in [-0.2, -0.15) is 0 Å². The summed E-state index contributed by atoms with van der Waals surface area (Å²) in [4.78, 5) is 4.31.